The lowest BCUT2D eigenvalue weighted by Gasteiger charge is -2.26. The molecule has 2 rings (SSSR count). The number of hydrogen-bond donors (Lipinski definition) is 5. The molecule has 1 aromatic carbocycles. The molecule has 180 valence electrons. The van der Waals surface area contributed by atoms with Crippen molar-refractivity contribution in [1.82, 2.24) is 16.0 Å². The fourth-order valence-corrected chi connectivity index (χ4v) is 3.81. The van der Waals surface area contributed by atoms with E-state index in [4.69, 9.17) is 10.5 Å². The Labute approximate surface area is 202 Å². The van der Waals surface area contributed by atoms with Gasteiger partial charge in [0.15, 0.2) is 0 Å². The van der Waals surface area contributed by atoms with E-state index >= 15 is 0 Å². The number of nitrogens with zero attached hydrogens (tertiary/aromatic N) is 1. The van der Waals surface area contributed by atoms with E-state index in [1.807, 2.05) is 0 Å². The lowest BCUT2D eigenvalue weighted by atomic mass is 10.0. The molecule has 1 heterocycles. The van der Waals surface area contributed by atoms with Crippen molar-refractivity contribution in [2.75, 3.05) is 13.2 Å². The molecule has 0 spiro atoms. The molecule has 6 N–H and O–H groups in total. The summed E-state index contributed by atoms with van der Waals surface area (Å²) in [5.41, 5.74) is 4.81. The molecule has 0 saturated carbocycles. The summed E-state index contributed by atoms with van der Waals surface area (Å²) >= 11 is 1.77. The van der Waals surface area contributed by atoms with Crippen molar-refractivity contribution < 1.29 is 33.9 Å². The molecule has 0 radical (unpaired) electrons. The second-order valence-electron chi connectivity index (χ2n) is 7.60. The number of aliphatic hydroxyl groups excluding tert-OH is 1. The van der Waals surface area contributed by atoms with Gasteiger partial charge in [0, 0.05) is 18.6 Å². The van der Waals surface area contributed by atoms with E-state index in [0.29, 0.717) is 0 Å². The summed E-state index contributed by atoms with van der Waals surface area (Å²) in [5, 5.41) is 28.1. The Morgan fingerprint density at radius 2 is 1.94 bits per heavy atom. The number of primary amides is 1. The van der Waals surface area contributed by atoms with Crippen molar-refractivity contribution in [3.63, 3.8) is 0 Å². The van der Waals surface area contributed by atoms with Crippen molar-refractivity contribution in [2.45, 2.75) is 38.4 Å². The summed E-state index contributed by atoms with van der Waals surface area (Å²) < 4.78 is 5.91. The van der Waals surface area contributed by atoms with E-state index in [1.54, 1.807) is 36.4 Å². The summed E-state index contributed by atoms with van der Waals surface area (Å²) in [6, 6.07) is -1.52. The van der Waals surface area contributed by atoms with Crippen molar-refractivity contribution in [2.24, 2.45) is 11.7 Å². The number of nitrogens with two attached hydrogens (primary N) is 1. The minimum atomic E-state index is -1.41. The van der Waals surface area contributed by atoms with Crippen LogP contribution in [0.15, 0.2) is 12.1 Å². The summed E-state index contributed by atoms with van der Waals surface area (Å²) in [6.45, 7) is 2.33. The maximum Gasteiger partial charge on any atom is 0.271 e. The highest BCUT2D eigenvalue weighted by molar-refractivity contribution is 14.1. The molecule has 33 heavy (non-hydrogen) atoms. The number of carbonyl (C=O) groups excluding carboxylic acids is 4. The average Bonchev–Trinajstić information content (AvgIpc) is 2.73. The van der Waals surface area contributed by atoms with Gasteiger partial charge >= 0.3 is 0 Å². The molecule has 4 amide bonds. The number of hydrogen-bond acceptors (Lipinski definition) is 8. The van der Waals surface area contributed by atoms with Gasteiger partial charge in [-0.15, -0.1) is 0 Å². The molecule has 3 atom stereocenters. The molecular formula is C19H24IN5O8. The van der Waals surface area contributed by atoms with Gasteiger partial charge in [0.1, 0.15) is 23.9 Å². The molecule has 0 aromatic heterocycles. The number of nitrogens with one attached hydrogen (secondary N) is 3. The third-order valence-corrected chi connectivity index (χ3v) is 5.65. The monoisotopic (exact) mass is 577 g/mol. The molecule has 0 fully saturated rings. The van der Waals surface area contributed by atoms with Gasteiger partial charge in [0.2, 0.25) is 17.7 Å². The van der Waals surface area contributed by atoms with Gasteiger partial charge in [-0.2, -0.15) is 0 Å². The highest BCUT2D eigenvalue weighted by Gasteiger charge is 2.32. The summed E-state index contributed by atoms with van der Waals surface area (Å²) in [4.78, 5) is 60.8. The smallest absolute Gasteiger partial charge is 0.271 e. The molecule has 0 unspecified atom stereocenters. The first-order chi connectivity index (χ1) is 15.5. The first-order valence-corrected chi connectivity index (χ1v) is 11.0. The van der Waals surface area contributed by atoms with Crippen LogP contribution in [0.2, 0.25) is 0 Å². The molecular weight excluding hydrogens is 553 g/mol. The summed E-state index contributed by atoms with van der Waals surface area (Å²) in [5.74, 6) is -3.74. The van der Waals surface area contributed by atoms with Crippen LogP contribution in [0, 0.1) is 19.6 Å². The zero-order valence-electron chi connectivity index (χ0n) is 17.8. The molecule has 1 aromatic rings. The van der Waals surface area contributed by atoms with Crippen LogP contribution in [0.5, 0.6) is 5.75 Å². The summed E-state index contributed by atoms with van der Waals surface area (Å²) in [6.07, 6.45) is -0.101. The van der Waals surface area contributed by atoms with E-state index < -0.39 is 59.2 Å². The molecule has 1 aliphatic heterocycles. The van der Waals surface area contributed by atoms with E-state index in [-0.39, 0.29) is 33.6 Å². The maximum atomic E-state index is 13.1. The number of fused-ring (bicyclic) bond motifs is 1. The Morgan fingerprint density at radius 3 is 2.48 bits per heavy atom. The van der Waals surface area contributed by atoms with Crippen LogP contribution in [0.25, 0.3) is 0 Å². The average molecular weight is 577 g/mol. The standard InChI is InChI=1S/C19H24IN5O8/c1-8(2)14-19(30)23-13(7-26)18(29)22-12(16(21)27)3-4-33-15-10(17(28)24-14)5-9(25(31)32)6-11(15)20/h5-6,8,12-14,26H,3-4,7H2,1-2H3,(H2,21,27)(H,22,29)(H,23,30)(H,24,28)/t12-,13-,14-/m0/s1. The van der Waals surface area contributed by atoms with Gasteiger partial charge in [0.05, 0.1) is 27.3 Å². The van der Waals surface area contributed by atoms with Crippen LogP contribution >= 0.6 is 22.6 Å². The van der Waals surface area contributed by atoms with Gasteiger partial charge in [-0.1, -0.05) is 13.8 Å². The van der Waals surface area contributed by atoms with Gasteiger partial charge < -0.3 is 31.5 Å². The first kappa shape index (κ1) is 26.2. The number of nitro benzene ring substituents is 1. The number of ether oxygens (including phenoxy) is 1. The molecule has 1 aliphatic rings. The molecule has 14 heteroatoms. The number of nitro groups is 1. The highest BCUT2D eigenvalue weighted by atomic mass is 127. The number of rotatable bonds is 4. The largest absolute Gasteiger partial charge is 0.492 e. The van der Waals surface area contributed by atoms with Crippen LogP contribution in [0.4, 0.5) is 5.69 Å². The zero-order valence-corrected chi connectivity index (χ0v) is 20.0. The number of halogens is 1. The highest BCUT2D eigenvalue weighted by Crippen LogP contribution is 2.31. The molecule has 0 saturated heterocycles. The van der Waals surface area contributed by atoms with E-state index in [0.717, 1.165) is 6.07 Å². The van der Waals surface area contributed by atoms with Crippen molar-refractivity contribution in [3.8, 4) is 5.75 Å². The third-order valence-electron chi connectivity index (χ3n) is 4.85. The fourth-order valence-electron chi connectivity index (χ4n) is 3.05. The number of benzene rings is 1. The topological polar surface area (TPSA) is 203 Å². The van der Waals surface area contributed by atoms with E-state index in [1.165, 1.54) is 6.07 Å². The normalized spacial score (nSPS) is 22.2. The Kier molecular flexibility index (Phi) is 8.92. The minimum Gasteiger partial charge on any atom is -0.492 e. The van der Waals surface area contributed by atoms with Crippen LogP contribution in [0.3, 0.4) is 0 Å². The van der Waals surface area contributed by atoms with Gasteiger partial charge in [-0.25, -0.2) is 0 Å². The van der Waals surface area contributed by atoms with Gasteiger partial charge in [-0.3, -0.25) is 29.3 Å². The van der Waals surface area contributed by atoms with Crippen molar-refractivity contribution >= 4 is 51.9 Å². The Balaban J connectivity index is 2.56. The maximum absolute atomic E-state index is 13.1. The van der Waals surface area contributed by atoms with Gasteiger partial charge in [-0.05, 0) is 28.5 Å². The Hall–Kier alpha value is -3.01. The molecule has 0 aliphatic carbocycles. The first-order valence-electron chi connectivity index (χ1n) is 9.88. The lowest BCUT2D eigenvalue weighted by Crippen LogP contribution is -2.58. The molecule has 13 nitrogen and oxygen atoms in total. The molecule has 0 bridgehead atoms. The number of amides is 4. The predicted molar refractivity (Wildman–Crippen MR) is 122 cm³/mol. The number of carbonyl (C=O) groups is 4. The van der Waals surface area contributed by atoms with E-state index in [2.05, 4.69) is 16.0 Å². The summed E-state index contributed by atoms with van der Waals surface area (Å²) in [7, 11) is 0. The Morgan fingerprint density at radius 1 is 1.27 bits per heavy atom. The third kappa shape index (κ3) is 6.50. The van der Waals surface area contributed by atoms with E-state index in [9.17, 15) is 34.4 Å². The minimum absolute atomic E-state index is 0.0152. The second-order valence-corrected chi connectivity index (χ2v) is 8.76. The van der Waals surface area contributed by atoms with Crippen LogP contribution in [-0.2, 0) is 14.4 Å². The van der Waals surface area contributed by atoms with Crippen molar-refractivity contribution in [3.05, 3.63) is 31.4 Å². The Bertz CT molecular complexity index is 970. The van der Waals surface area contributed by atoms with Crippen LogP contribution < -0.4 is 26.4 Å². The van der Waals surface area contributed by atoms with Crippen molar-refractivity contribution in [1.29, 1.82) is 0 Å². The predicted octanol–water partition coefficient (Wildman–Crippen LogP) is -0.816. The number of non-ortho nitro benzene ring substituents is 1. The van der Waals surface area contributed by atoms with Crippen LogP contribution in [0.1, 0.15) is 30.6 Å². The zero-order chi connectivity index (χ0) is 24.9. The fraction of sp³-hybridized carbons (Fsp3) is 0.474. The van der Waals surface area contributed by atoms with Gasteiger partial charge in [0.25, 0.3) is 11.6 Å². The second kappa shape index (κ2) is 11.2. The lowest BCUT2D eigenvalue weighted by molar-refractivity contribution is -0.385. The SMILES string of the molecule is CC(C)[C@@H]1NC(=O)c2cc([N+](=O)[O-])cc(I)c2OCC[C@@H](C(N)=O)NC(=O)[C@H](CO)NC1=O. The van der Waals surface area contributed by atoms with Crippen LogP contribution in [-0.4, -0.2) is 65.0 Å². The number of aliphatic hydroxyl groups is 1. The quantitative estimate of drug-likeness (QED) is 0.173.